The SMILES string of the molecule is O=C1NC2(CCCN(Cc3ccccn3)C2)COc2ccccc21. The zero-order chi connectivity index (χ0) is 16.4. The lowest BCUT2D eigenvalue weighted by molar-refractivity contribution is 0.0639. The maximum absolute atomic E-state index is 12.6. The minimum atomic E-state index is -0.330. The van der Waals surface area contributed by atoms with E-state index in [0.717, 1.165) is 38.2 Å². The lowest BCUT2D eigenvalue weighted by Gasteiger charge is -2.42. The molecule has 1 amide bonds. The zero-order valence-corrected chi connectivity index (χ0v) is 13.6. The van der Waals surface area contributed by atoms with Crippen molar-refractivity contribution in [2.45, 2.75) is 24.9 Å². The monoisotopic (exact) mass is 323 g/mol. The molecule has 1 spiro atoms. The number of hydrogen-bond acceptors (Lipinski definition) is 4. The molecule has 1 fully saturated rings. The highest BCUT2D eigenvalue weighted by Gasteiger charge is 2.40. The fraction of sp³-hybridized carbons (Fsp3) is 0.368. The van der Waals surface area contributed by atoms with Gasteiger partial charge in [-0.1, -0.05) is 18.2 Å². The van der Waals surface area contributed by atoms with Crippen molar-refractivity contribution in [2.75, 3.05) is 19.7 Å². The first-order valence-electron chi connectivity index (χ1n) is 8.41. The van der Waals surface area contributed by atoms with E-state index in [9.17, 15) is 4.79 Å². The summed E-state index contributed by atoms with van der Waals surface area (Å²) in [5.74, 6) is 0.636. The fourth-order valence-corrected chi connectivity index (χ4v) is 3.64. The van der Waals surface area contributed by atoms with Crippen LogP contribution in [0.15, 0.2) is 48.7 Å². The van der Waals surface area contributed by atoms with Gasteiger partial charge in [-0.05, 0) is 43.7 Å². The molecule has 2 aliphatic heterocycles. The van der Waals surface area contributed by atoms with Crippen LogP contribution in [0.2, 0.25) is 0 Å². The van der Waals surface area contributed by atoms with Crippen LogP contribution in [0, 0.1) is 0 Å². The standard InChI is InChI=1S/C19H21N3O2/c23-18-16-7-1-2-8-17(16)24-14-19(21-18)9-5-11-22(13-19)12-15-6-3-4-10-20-15/h1-4,6-8,10H,5,9,11-14H2,(H,21,23). The molecular weight excluding hydrogens is 302 g/mol. The van der Waals surface area contributed by atoms with E-state index in [1.807, 2.05) is 48.7 Å². The number of carbonyl (C=O) groups is 1. The molecular formula is C19H21N3O2. The number of hydrogen-bond donors (Lipinski definition) is 1. The van der Waals surface area contributed by atoms with Gasteiger partial charge in [0, 0.05) is 19.3 Å². The third kappa shape index (κ3) is 2.99. The molecule has 5 nitrogen and oxygen atoms in total. The number of benzene rings is 1. The Balaban J connectivity index is 1.52. The van der Waals surface area contributed by atoms with Crippen molar-refractivity contribution >= 4 is 5.91 Å². The molecule has 1 aromatic heterocycles. The van der Waals surface area contributed by atoms with Crippen molar-refractivity contribution in [2.24, 2.45) is 0 Å². The molecule has 3 heterocycles. The number of likely N-dealkylation sites (tertiary alicyclic amines) is 1. The van der Waals surface area contributed by atoms with Crippen LogP contribution < -0.4 is 10.1 Å². The zero-order valence-electron chi connectivity index (χ0n) is 13.6. The van der Waals surface area contributed by atoms with Gasteiger partial charge < -0.3 is 10.1 Å². The van der Waals surface area contributed by atoms with Crippen LogP contribution in [0.3, 0.4) is 0 Å². The largest absolute Gasteiger partial charge is 0.490 e. The van der Waals surface area contributed by atoms with Crippen LogP contribution in [0.25, 0.3) is 0 Å². The van der Waals surface area contributed by atoms with Gasteiger partial charge in [0.05, 0.1) is 16.8 Å². The highest BCUT2D eigenvalue weighted by atomic mass is 16.5. The lowest BCUT2D eigenvalue weighted by atomic mass is 9.89. The topological polar surface area (TPSA) is 54.5 Å². The molecule has 0 aliphatic carbocycles. The highest BCUT2D eigenvalue weighted by molar-refractivity contribution is 5.97. The third-order valence-corrected chi connectivity index (χ3v) is 4.78. The van der Waals surface area contributed by atoms with Gasteiger partial charge in [-0.2, -0.15) is 0 Å². The molecule has 1 N–H and O–H groups in total. The number of aromatic nitrogens is 1. The number of ether oxygens (including phenoxy) is 1. The maximum atomic E-state index is 12.6. The van der Waals surface area contributed by atoms with E-state index >= 15 is 0 Å². The van der Waals surface area contributed by atoms with E-state index in [1.165, 1.54) is 0 Å². The molecule has 124 valence electrons. The molecule has 2 aromatic rings. The third-order valence-electron chi connectivity index (χ3n) is 4.78. The molecule has 0 radical (unpaired) electrons. The van der Waals surface area contributed by atoms with Crippen molar-refractivity contribution in [3.8, 4) is 5.75 Å². The van der Waals surface area contributed by atoms with Crippen molar-refractivity contribution in [1.82, 2.24) is 15.2 Å². The van der Waals surface area contributed by atoms with Gasteiger partial charge in [0.2, 0.25) is 0 Å². The van der Waals surface area contributed by atoms with E-state index in [-0.39, 0.29) is 11.4 Å². The second kappa shape index (κ2) is 6.24. The summed E-state index contributed by atoms with van der Waals surface area (Å²) >= 11 is 0. The molecule has 1 aromatic carbocycles. The lowest BCUT2D eigenvalue weighted by Crippen LogP contribution is -2.60. The molecule has 1 atom stereocenters. The van der Waals surface area contributed by atoms with Crippen LogP contribution >= 0.6 is 0 Å². The average Bonchev–Trinajstić information content (AvgIpc) is 2.74. The smallest absolute Gasteiger partial charge is 0.255 e. The minimum absolute atomic E-state index is 0.0391. The number of para-hydroxylation sites is 1. The normalized spacial score (nSPS) is 23.9. The van der Waals surface area contributed by atoms with Crippen LogP contribution in [0.5, 0.6) is 5.75 Å². The molecule has 1 unspecified atom stereocenters. The Morgan fingerprint density at radius 2 is 2.08 bits per heavy atom. The van der Waals surface area contributed by atoms with Gasteiger partial charge in [-0.15, -0.1) is 0 Å². The van der Waals surface area contributed by atoms with Crippen LogP contribution in [0.1, 0.15) is 28.9 Å². The van der Waals surface area contributed by atoms with Gasteiger partial charge in [0.1, 0.15) is 12.4 Å². The summed E-state index contributed by atoms with van der Waals surface area (Å²) in [4.78, 5) is 19.4. The van der Waals surface area contributed by atoms with Crippen molar-refractivity contribution < 1.29 is 9.53 Å². The number of carbonyl (C=O) groups excluding carboxylic acids is 1. The summed E-state index contributed by atoms with van der Waals surface area (Å²) in [6.07, 6.45) is 3.79. The Morgan fingerprint density at radius 3 is 2.96 bits per heavy atom. The minimum Gasteiger partial charge on any atom is -0.490 e. The van der Waals surface area contributed by atoms with E-state index in [0.29, 0.717) is 17.9 Å². The van der Waals surface area contributed by atoms with Crippen molar-refractivity contribution in [1.29, 1.82) is 0 Å². The summed E-state index contributed by atoms with van der Waals surface area (Å²) in [6, 6.07) is 13.4. The number of fused-ring (bicyclic) bond motifs is 1. The number of nitrogens with zero attached hydrogens (tertiary/aromatic N) is 2. The highest BCUT2D eigenvalue weighted by Crippen LogP contribution is 2.29. The van der Waals surface area contributed by atoms with Crippen LogP contribution in [-0.2, 0) is 6.54 Å². The number of pyridine rings is 1. The maximum Gasteiger partial charge on any atom is 0.255 e. The molecule has 2 aliphatic rings. The molecule has 0 bridgehead atoms. The molecule has 24 heavy (non-hydrogen) atoms. The first-order chi connectivity index (χ1) is 11.7. The van der Waals surface area contributed by atoms with Gasteiger partial charge in [-0.3, -0.25) is 14.7 Å². The second-order valence-corrected chi connectivity index (χ2v) is 6.65. The van der Waals surface area contributed by atoms with E-state index in [1.54, 1.807) is 0 Å². The molecule has 5 heteroatoms. The summed E-state index contributed by atoms with van der Waals surface area (Å²) in [5, 5.41) is 3.24. The fourth-order valence-electron chi connectivity index (χ4n) is 3.64. The molecule has 1 saturated heterocycles. The predicted molar refractivity (Wildman–Crippen MR) is 90.9 cm³/mol. The van der Waals surface area contributed by atoms with Crippen molar-refractivity contribution in [3.05, 3.63) is 59.9 Å². The van der Waals surface area contributed by atoms with Crippen LogP contribution in [0.4, 0.5) is 0 Å². The Morgan fingerprint density at radius 1 is 1.21 bits per heavy atom. The predicted octanol–water partition coefficient (Wildman–Crippen LogP) is 2.24. The van der Waals surface area contributed by atoms with Crippen LogP contribution in [-0.4, -0.2) is 41.0 Å². The second-order valence-electron chi connectivity index (χ2n) is 6.65. The van der Waals surface area contributed by atoms with Crippen molar-refractivity contribution in [3.63, 3.8) is 0 Å². The Bertz CT molecular complexity index is 734. The van der Waals surface area contributed by atoms with E-state index in [4.69, 9.17) is 4.74 Å². The number of piperidine rings is 1. The number of rotatable bonds is 2. The quantitative estimate of drug-likeness (QED) is 0.921. The summed E-state index contributed by atoms with van der Waals surface area (Å²) in [7, 11) is 0. The Labute approximate surface area is 141 Å². The summed E-state index contributed by atoms with van der Waals surface area (Å²) in [6.45, 7) is 3.10. The van der Waals surface area contributed by atoms with Gasteiger partial charge in [-0.25, -0.2) is 0 Å². The summed E-state index contributed by atoms with van der Waals surface area (Å²) < 4.78 is 5.99. The van der Waals surface area contributed by atoms with E-state index < -0.39 is 0 Å². The Hall–Kier alpha value is -2.40. The van der Waals surface area contributed by atoms with E-state index in [2.05, 4.69) is 15.2 Å². The Kier molecular flexibility index (Phi) is 3.94. The molecule has 4 rings (SSSR count). The van der Waals surface area contributed by atoms with Gasteiger partial charge in [0.15, 0.2) is 0 Å². The average molecular weight is 323 g/mol. The molecule has 0 saturated carbocycles. The van der Waals surface area contributed by atoms with Gasteiger partial charge >= 0.3 is 0 Å². The number of amides is 1. The van der Waals surface area contributed by atoms with Gasteiger partial charge in [0.25, 0.3) is 5.91 Å². The first-order valence-corrected chi connectivity index (χ1v) is 8.41. The first kappa shape index (κ1) is 15.1. The summed E-state index contributed by atoms with van der Waals surface area (Å²) in [5.41, 5.74) is 1.35. The number of nitrogens with one attached hydrogen (secondary N) is 1.